The molecule has 0 unspecified atom stereocenters. The van der Waals surface area contributed by atoms with Crippen LogP contribution in [-0.4, -0.2) is 25.3 Å². The number of carbonyl (C=O) groups excluding carboxylic acids is 1. The van der Waals surface area contributed by atoms with Gasteiger partial charge in [-0.25, -0.2) is 5.43 Å². The van der Waals surface area contributed by atoms with E-state index in [1.165, 1.54) is 5.56 Å². The zero-order valence-electron chi connectivity index (χ0n) is 14.4. The number of benzene rings is 2. The first-order chi connectivity index (χ1) is 11.5. The summed E-state index contributed by atoms with van der Waals surface area (Å²) in [6.07, 6.45) is 0. The summed E-state index contributed by atoms with van der Waals surface area (Å²) in [5, 5.41) is 4.14. The molecule has 0 spiro atoms. The van der Waals surface area contributed by atoms with Gasteiger partial charge in [0.1, 0.15) is 11.5 Å². The lowest BCUT2D eigenvalue weighted by molar-refractivity contribution is -0.123. The molecule has 0 saturated carbocycles. The lowest BCUT2D eigenvalue weighted by Gasteiger charge is -2.08. The molecular weight excluding hydrogens is 304 g/mol. The summed E-state index contributed by atoms with van der Waals surface area (Å²) in [7, 11) is 1.60. The van der Waals surface area contributed by atoms with Crippen LogP contribution in [0.1, 0.15) is 23.6 Å². The maximum absolute atomic E-state index is 11.8. The number of carbonyl (C=O) groups is 1. The van der Waals surface area contributed by atoms with Crippen LogP contribution in [0.4, 0.5) is 0 Å². The summed E-state index contributed by atoms with van der Waals surface area (Å²) in [5.41, 5.74) is 6.60. The van der Waals surface area contributed by atoms with Crippen molar-refractivity contribution in [3.05, 3.63) is 59.2 Å². The van der Waals surface area contributed by atoms with Crippen LogP contribution in [0, 0.1) is 13.8 Å². The van der Waals surface area contributed by atoms with Gasteiger partial charge in [-0.2, -0.15) is 5.10 Å². The molecule has 0 saturated heterocycles. The molecule has 2 aromatic rings. The molecule has 0 atom stereocenters. The van der Waals surface area contributed by atoms with Gasteiger partial charge in [0.15, 0.2) is 6.61 Å². The molecule has 0 heterocycles. The maximum Gasteiger partial charge on any atom is 0.277 e. The molecule has 2 rings (SSSR count). The summed E-state index contributed by atoms with van der Waals surface area (Å²) in [4.78, 5) is 11.8. The molecule has 0 aliphatic carbocycles. The van der Waals surface area contributed by atoms with E-state index in [2.05, 4.69) is 16.6 Å². The van der Waals surface area contributed by atoms with Crippen molar-refractivity contribution in [2.45, 2.75) is 20.8 Å². The van der Waals surface area contributed by atoms with Gasteiger partial charge in [0.2, 0.25) is 0 Å². The number of nitrogens with zero attached hydrogens (tertiary/aromatic N) is 1. The minimum absolute atomic E-state index is 0.101. The Morgan fingerprint density at radius 1 is 1.08 bits per heavy atom. The maximum atomic E-state index is 11.8. The van der Waals surface area contributed by atoms with Crippen LogP contribution in [0.15, 0.2) is 47.6 Å². The third kappa shape index (κ3) is 4.84. The van der Waals surface area contributed by atoms with Crippen molar-refractivity contribution in [3.63, 3.8) is 0 Å². The average molecular weight is 326 g/mol. The summed E-state index contributed by atoms with van der Waals surface area (Å²) in [5.74, 6) is 1.02. The number of methoxy groups -OCH3 is 1. The molecule has 126 valence electrons. The third-order valence-electron chi connectivity index (χ3n) is 3.55. The van der Waals surface area contributed by atoms with Gasteiger partial charge in [0.05, 0.1) is 12.8 Å². The van der Waals surface area contributed by atoms with Crippen molar-refractivity contribution in [1.29, 1.82) is 0 Å². The molecule has 0 aromatic heterocycles. The molecule has 1 amide bonds. The van der Waals surface area contributed by atoms with Crippen LogP contribution in [0.3, 0.4) is 0 Å². The second-order valence-corrected chi connectivity index (χ2v) is 5.51. The normalized spacial score (nSPS) is 11.1. The van der Waals surface area contributed by atoms with Crippen molar-refractivity contribution in [2.24, 2.45) is 5.10 Å². The Kier molecular flexibility index (Phi) is 5.95. The number of ether oxygens (including phenoxy) is 2. The molecule has 0 fully saturated rings. The third-order valence-corrected chi connectivity index (χ3v) is 3.55. The Morgan fingerprint density at radius 2 is 1.75 bits per heavy atom. The van der Waals surface area contributed by atoms with Crippen molar-refractivity contribution in [3.8, 4) is 11.5 Å². The van der Waals surface area contributed by atoms with E-state index in [9.17, 15) is 4.79 Å². The molecule has 24 heavy (non-hydrogen) atoms. The predicted molar refractivity (Wildman–Crippen MR) is 94.8 cm³/mol. The van der Waals surface area contributed by atoms with Crippen LogP contribution < -0.4 is 14.9 Å². The van der Waals surface area contributed by atoms with E-state index in [0.29, 0.717) is 5.75 Å². The van der Waals surface area contributed by atoms with Gasteiger partial charge in [0.25, 0.3) is 5.91 Å². The number of hydrogen-bond acceptors (Lipinski definition) is 4. The topological polar surface area (TPSA) is 59.9 Å². The van der Waals surface area contributed by atoms with Gasteiger partial charge in [-0.05, 0) is 50.6 Å². The van der Waals surface area contributed by atoms with E-state index < -0.39 is 0 Å². The van der Waals surface area contributed by atoms with Gasteiger partial charge >= 0.3 is 0 Å². The Morgan fingerprint density at radius 3 is 2.38 bits per heavy atom. The van der Waals surface area contributed by atoms with Crippen molar-refractivity contribution in [1.82, 2.24) is 5.43 Å². The Balaban J connectivity index is 1.89. The monoisotopic (exact) mass is 326 g/mol. The quantitative estimate of drug-likeness (QED) is 0.655. The van der Waals surface area contributed by atoms with E-state index in [-0.39, 0.29) is 12.5 Å². The molecule has 2 aromatic carbocycles. The molecule has 5 nitrogen and oxygen atoms in total. The Labute approximate surface area is 142 Å². The van der Waals surface area contributed by atoms with Crippen molar-refractivity contribution in [2.75, 3.05) is 13.7 Å². The predicted octanol–water partition coefficient (Wildman–Crippen LogP) is 3.23. The van der Waals surface area contributed by atoms with Gasteiger partial charge in [0, 0.05) is 5.56 Å². The number of rotatable bonds is 6. The highest BCUT2D eigenvalue weighted by Crippen LogP contribution is 2.16. The Bertz CT molecular complexity index is 737. The van der Waals surface area contributed by atoms with Crippen molar-refractivity contribution < 1.29 is 14.3 Å². The SMILES string of the molecule is COc1ccc(OCC(=O)N/N=C(\C)c2ccc(C)cc2C)cc1. The first kappa shape index (κ1) is 17.5. The van der Waals surface area contributed by atoms with E-state index in [4.69, 9.17) is 9.47 Å². The zero-order valence-corrected chi connectivity index (χ0v) is 14.4. The Hall–Kier alpha value is -2.82. The second-order valence-electron chi connectivity index (χ2n) is 5.51. The van der Waals surface area contributed by atoms with E-state index in [0.717, 1.165) is 22.6 Å². The number of aryl methyl sites for hydroxylation is 2. The van der Waals surface area contributed by atoms with Gasteiger partial charge in [-0.3, -0.25) is 4.79 Å². The smallest absolute Gasteiger partial charge is 0.277 e. The minimum Gasteiger partial charge on any atom is -0.497 e. The summed E-state index contributed by atoms with van der Waals surface area (Å²) < 4.78 is 10.5. The standard InChI is InChI=1S/C19H22N2O3/c1-13-5-10-18(14(2)11-13)15(3)20-21-19(22)12-24-17-8-6-16(23-4)7-9-17/h5-11H,12H2,1-4H3,(H,21,22)/b20-15+. The van der Waals surface area contributed by atoms with Crippen LogP contribution in [0.25, 0.3) is 0 Å². The van der Waals surface area contributed by atoms with Gasteiger partial charge < -0.3 is 9.47 Å². The molecule has 1 N–H and O–H groups in total. The molecule has 0 aliphatic rings. The highest BCUT2D eigenvalue weighted by molar-refractivity contribution is 6.00. The molecule has 0 radical (unpaired) electrons. The fraction of sp³-hybridized carbons (Fsp3) is 0.263. The minimum atomic E-state index is -0.310. The molecule has 0 aliphatic heterocycles. The second kappa shape index (κ2) is 8.15. The van der Waals surface area contributed by atoms with E-state index >= 15 is 0 Å². The lowest BCUT2D eigenvalue weighted by atomic mass is 10.0. The average Bonchev–Trinajstić information content (AvgIpc) is 2.58. The van der Waals surface area contributed by atoms with Crippen LogP contribution >= 0.6 is 0 Å². The number of amides is 1. The van der Waals surface area contributed by atoms with Gasteiger partial charge in [-0.15, -0.1) is 0 Å². The first-order valence-corrected chi connectivity index (χ1v) is 7.67. The van der Waals surface area contributed by atoms with Crippen LogP contribution in [0.5, 0.6) is 11.5 Å². The molecule has 0 bridgehead atoms. The highest BCUT2D eigenvalue weighted by Gasteiger charge is 2.05. The number of hydrazone groups is 1. The number of nitrogens with one attached hydrogen (secondary N) is 1. The lowest BCUT2D eigenvalue weighted by Crippen LogP contribution is -2.25. The van der Waals surface area contributed by atoms with Crippen molar-refractivity contribution >= 4 is 11.6 Å². The largest absolute Gasteiger partial charge is 0.497 e. The zero-order chi connectivity index (χ0) is 17.5. The fourth-order valence-electron chi connectivity index (χ4n) is 2.28. The van der Waals surface area contributed by atoms with E-state index in [1.807, 2.05) is 32.9 Å². The first-order valence-electron chi connectivity index (χ1n) is 7.67. The molecular formula is C19H22N2O3. The van der Waals surface area contributed by atoms with E-state index in [1.54, 1.807) is 31.4 Å². The van der Waals surface area contributed by atoms with Gasteiger partial charge in [-0.1, -0.05) is 23.8 Å². The fourth-order valence-corrected chi connectivity index (χ4v) is 2.28. The van der Waals surface area contributed by atoms with Crippen LogP contribution in [-0.2, 0) is 4.79 Å². The summed E-state index contributed by atoms with van der Waals surface area (Å²) in [6, 6.07) is 13.2. The highest BCUT2D eigenvalue weighted by atomic mass is 16.5. The summed E-state index contributed by atoms with van der Waals surface area (Å²) in [6.45, 7) is 5.83. The summed E-state index contributed by atoms with van der Waals surface area (Å²) >= 11 is 0. The van der Waals surface area contributed by atoms with Crippen LogP contribution in [0.2, 0.25) is 0 Å². The molecule has 5 heteroatoms. The number of hydrogen-bond donors (Lipinski definition) is 1.